The third kappa shape index (κ3) is 3.09. The van der Waals surface area contributed by atoms with Crippen LogP contribution in [0.5, 0.6) is 5.75 Å². The Bertz CT molecular complexity index is 832. The molecule has 1 aliphatic heterocycles. The van der Waals surface area contributed by atoms with Crippen LogP contribution < -0.4 is 5.32 Å². The van der Waals surface area contributed by atoms with E-state index >= 15 is 0 Å². The van der Waals surface area contributed by atoms with Crippen LogP contribution in [0.3, 0.4) is 0 Å². The van der Waals surface area contributed by atoms with E-state index in [-0.39, 0.29) is 24.6 Å². The van der Waals surface area contributed by atoms with E-state index in [1.54, 1.807) is 32.0 Å². The van der Waals surface area contributed by atoms with E-state index in [1.165, 1.54) is 0 Å². The molecule has 2 N–H and O–H groups in total. The molecule has 25 heavy (non-hydrogen) atoms. The first-order valence-electron chi connectivity index (χ1n) is 8.29. The first-order valence-corrected chi connectivity index (χ1v) is 8.29. The summed E-state index contributed by atoms with van der Waals surface area (Å²) >= 11 is 0. The maximum absolute atomic E-state index is 12.7. The summed E-state index contributed by atoms with van der Waals surface area (Å²) in [7, 11) is 0. The average Bonchev–Trinajstić information content (AvgIpc) is 2.53. The van der Waals surface area contributed by atoms with Gasteiger partial charge in [0.2, 0.25) is 0 Å². The maximum atomic E-state index is 12.7. The van der Waals surface area contributed by atoms with Crippen molar-refractivity contribution in [3.05, 3.63) is 64.5 Å². The molecule has 0 amide bonds. The van der Waals surface area contributed by atoms with Crippen molar-refractivity contribution in [3.63, 3.8) is 0 Å². The fraction of sp³-hybridized carbons (Fsp3) is 0.300. The van der Waals surface area contributed by atoms with Gasteiger partial charge < -0.3 is 15.2 Å². The zero-order valence-electron chi connectivity index (χ0n) is 14.4. The molecule has 1 atom stereocenters. The van der Waals surface area contributed by atoms with E-state index in [0.29, 0.717) is 28.8 Å². The van der Waals surface area contributed by atoms with Gasteiger partial charge in [-0.1, -0.05) is 24.3 Å². The van der Waals surface area contributed by atoms with Gasteiger partial charge in [-0.2, -0.15) is 0 Å². The van der Waals surface area contributed by atoms with Gasteiger partial charge in [-0.15, -0.1) is 0 Å². The van der Waals surface area contributed by atoms with E-state index in [2.05, 4.69) is 11.9 Å². The van der Waals surface area contributed by atoms with Crippen LogP contribution >= 0.6 is 0 Å². The normalized spacial score (nSPS) is 20.3. The van der Waals surface area contributed by atoms with Crippen LogP contribution in [0.1, 0.15) is 38.2 Å². The quantitative estimate of drug-likeness (QED) is 0.654. The summed E-state index contributed by atoms with van der Waals surface area (Å²) in [5.74, 6) is -0.972. The van der Waals surface area contributed by atoms with Gasteiger partial charge in [-0.05, 0) is 31.5 Å². The highest BCUT2D eigenvalue weighted by Gasteiger charge is 2.39. The zero-order chi connectivity index (χ0) is 18.1. The Morgan fingerprint density at radius 3 is 2.84 bits per heavy atom. The van der Waals surface area contributed by atoms with Crippen molar-refractivity contribution in [2.24, 2.45) is 0 Å². The highest BCUT2D eigenvalue weighted by atomic mass is 16.5. The monoisotopic (exact) mass is 339 g/mol. The van der Waals surface area contributed by atoms with Gasteiger partial charge in [0.25, 0.3) is 0 Å². The Labute approximate surface area is 146 Å². The number of benzene rings is 1. The number of Topliss-reactive ketones (excluding diaryl/α,β-unsaturated/α-hetero) is 1. The second-order valence-electron chi connectivity index (χ2n) is 6.33. The molecule has 0 bridgehead atoms. The number of nitrogens with one attached hydrogen (secondary N) is 1. The van der Waals surface area contributed by atoms with Crippen LogP contribution in [0.2, 0.25) is 0 Å². The standard InChI is InChI=1S/C20H21NO4/c1-4-25-20(24)17-12(3)21-15-8-11(2)9-16(23)19(15)18(17)13-6-5-7-14(22)10-13/h5-7,10,18,21-22H,2,4,8-9H2,1,3H3. The van der Waals surface area contributed by atoms with Crippen LogP contribution in [0.25, 0.3) is 0 Å². The number of dihydropyridines is 1. The number of esters is 1. The van der Waals surface area contributed by atoms with Crippen LogP contribution in [0.4, 0.5) is 0 Å². The minimum Gasteiger partial charge on any atom is -0.508 e. The minimum absolute atomic E-state index is 0.0543. The fourth-order valence-electron chi connectivity index (χ4n) is 3.52. The summed E-state index contributed by atoms with van der Waals surface area (Å²) < 4.78 is 5.22. The molecule has 1 heterocycles. The van der Waals surface area contributed by atoms with Gasteiger partial charge in [-0.3, -0.25) is 4.79 Å². The molecule has 5 heteroatoms. The van der Waals surface area contributed by atoms with Crippen molar-refractivity contribution in [3.8, 4) is 5.75 Å². The number of rotatable bonds is 3. The smallest absolute Gasteiger partial charge is 0.336 e. The number of hydrogen-bond acceptors (Lipinski definition) is 5. The number of carbonyl (C=O) groups is 2. The van der Waals surface area contributed by atoms with Crippen molar-refractivity contribution >= 4 is 11.8 Å². The summed E-state index contributed by atoms with van der Waals surface area (Å²) in [6.45, 7) is 7.73. The number of ketones is 1. The number of ether oxygens (including phenoxy) is 1. The highest BCUT2D eigenvalue weighted by Crippen LogP contribution is 2.43. The zero-order valence-corrected chi connectivity index (χ0v) is 14.4. The SMILES string of the molecule is C=C1CC(=O)C2=C(C1)NC(C)=C(C(=O)OCC)C2c1cccc(O)c1. The Balaban J connectivity index is 2.19. The number of phenolic OH excluding ortho intramolecular Hbond substituents is 1. The van der Waals surface area contributed by atoms with Crippen molar-refractivity contribution in [1.82, 2.24) is 5.32 Å². The molecule has 3 rings (SSSR count). The maximum Gasteiger partial charge on any atom is 0.336 e. The lowest BCUT2D eigenvalue weighted by atomic mass is 9.74. The van der Waals surface area contributed by atoms with E-state index < -0.39 is 11.9 Å². The summed E-state index contributed by atoms with van der Waals surface area (Å²) in [6, 6.07) is 6.66. The van der Waals surface area contributed by atoms with Crippen LogP contribution in [0.15, 0.2) is 59.0 Å². The molecule has 0 fully saturated rings. The summed E-state index contributed by atoms with van der Waals surface area (Å²) in [5, 5.41) is 13.1. The van der Waals surface area contributed by atoms with E-state index in [1.807, 2.05) is 6.07 Å². The first-order chi connectivity index (χ1) is 11.9. The highest BCUT2D eigenvalue weighted by molar-refractivity contribution is 6.05. The largest absolute Gasteiger partial charge is 0.508 e. The lowest BCUT2D eigenvalue weighted by Gasteiger charge is -2.34. The lowest BCUT2D eigenvalue weighted by Crippen LogP contribution is -2.34. The van der Waals surface area contributed by atoms with Gasteiger partial charge in [0.1, 0.15) is 5.75 Å². The van der Waals surface area contributed by atoms with Crippen molar-refractivity contribution in [2.75, 3.05) is 6.61 Å². The molecule has 0 spiro atoms. The fourth-order valence-corrected chi connectivity index (χ4v) is 3.52. The minimum atomic E-state index is -0.553. The predicted octanol–water partition coefficient (Wildman–Crippen LogP) is 3.09. The van der Waals surface area contributed by atoms with Gasteiger partial charge in [0, 0.05) is 35.7 Å². The molecule has 0 radical (unpaired) electrons. The van der Waals surface area contributed by atoms with Gasteiger partial charge in [0.15, 0.2) is 5.78 Å². The van der Waals surface area contributed by atoms with E-state index in [4.69, 9.17) is 4.74 Å². The number of aromatic hydroxyl groups is 1. The van der Waals surface area contributed by atoms with Crippen LogP contribution in [-0.2, 0) is 14.3 Å². The predicted molar refractivity (Wildman–Crippen MR) is 93.7 cm³/mol. The molecule has 1 aliphatic carbocycles. The Morgan fingerprint density at radius 2 is 2.16 bits per heavy atom. The van der Waals surface area contributed by atoms with Crippen LogP contribution in [-0.4, -0.2) is 23.5 Å². The van der Waals surface area contributed by atoms with E-state index in [9.17, 15) is 14.7 Å². The summed E-state index contributed by atoms with van der Waals surface area (Å²) in [4.78, 5) is 25.3. The van der Waals surface area contributed by atoms with Gasteiger partial charge in [0.05, 0.1) is 12.2 Å². The molecular weight excluding hydrogens is 318 g/mol. The molecule has 0 aromatic heterocycles. The van der Waals surface area contributed by atoms with Crippen LogP contribution in [0, 0.1) is 0 Å². The molecule has 1 aromatic carbocycles. The number of carbonyl (C=O) groups excluding carboxylic acids is 2. The molecule has 130 valence electrons. The molecule has 0 saturated carbocycles. The summed E-state index contributed by atoms with van der Waals surface area (Å²) in [5.41, 5.74) is 3.95. The second-order valence-corrected chi connectivity index (χ2v) is 6.33. The topological polar surface area (TPSA) is 75.6 Å². The number of phenols is 1. The first kappa shape index (κ1) is 17.0. The Morgan fingerprint density at radius 1 is 1.40 bits per heavy atom. The Kier molecular flexibility index (Phi) is 4.49. The third-order valence-corrected chi connectivity index (χ3v) is 4.48. The molecule has 1 aromatic rings. The number of allylic oxidation sites excluding steroid dienone is 3. The summed E-state index contributed by atoms with van der Waals surface area (Å²) in [6.07, 6.45) is 0.842. The molecule has 2 aliphatic rings. The van der Waals surface area contributed by atoms with Gasteiger partial charge in [-0.25, -0.2) is 4.79 Å². The van der Waals surface area contributed by atoms with Crippen molar-refractivity contribution in [1.29, 1.82) is 0 Å². The Hall–Kier alpha value is -2.82. The molecule has 1 unspecified atom stereocenters. The van der Waals surface area contributed by atoms with E-state index in [0.717, 1.165) is 11.3 Å². The average molecular weight is 339 g/mol. The number of hydrogen-bond donors (Lipinski definition) is 2. The molecule has 5 nitrogen and oxygen atoms in total. The van der Waals surface area contributed by atoms with Crippen molar-refractivity contribution < 1.29 is 19.4 Å². The lowest BCUT2D eigenvalue weighted by molar-refractivity contribution is -0.138. The van der Waals surface area contributed by atoms with Gasteiger partial charge >= 0.3 is 5.97 Å². The molecule has 0 saturated heterocycles. The second kappa shape index (κ2) is 6.59. The third-order valence-electron chi connectivity index (χ3n) is 4.48. The van der Waals surface area contributed by atoms with Crippen molar-refractivity contribution in [2.45, 2.75) is 32.6 Å². The molecular formula is C20H21NO4.